The maximum Gasteiger partial charge on any atom is 0.266 e. The van der Waals surface area contributed by atoms with Gasteiger partial charge in [0.25, 0.3) is 5.91 Å². The van der Waals surface area contributed by atoms with Crippen LogP contribution in [0.15, 0.2) is 58.8 Å². The number of thioether (sulfide) groups is 1. The van der Waals surface area contributed by atoms with Gasteiger partial charge in [-0.2, -0.15) is 5.10 Å². The highest BCUT2D eigenvalue weighted by Crippen LogP contribution is 2.34. The Kier molecular flexibility index (Phi) is 6.79. The van der Waals surface area contributed by atoms with Gasteiger partial charge in [-0.1, -0.05) is 48.2 Å². The van der Waals surface area contributed by atoms with E-state index in [4.69, 9.17) is 22.1 Å². The van der Waals surface area contributed by atoms with E-state index in [1.54, 1.807) is 16.2 Å². The van der Waals surface area contributed by atoms with Gasteiger partial charge in [0, 0.05) is 19.8 Å². The lowest BCUT2D eigenvalue weighted by Crippen LogP contribution is -2.29. The predicted octanol–water partition coefficient (Wildman–Crippen LogP) is 5.23. The van der Waals surface area contributed by atoms with Crippen LogP contribution >= 0.6 is 35.3 Å². The summed E-state index contributed by atoms with van der Waals surface area (Å²) in [6.07, 6.45) is 2.65. The van der Waals surface area contributed by atoms with Gasteiger partial charge in [0.15, 0.2) is 0 Å². The number of para-hydroxylation sites is 1. The van der Waals surface area contributed by atoms with Crippen molar-refractivity contribution in [1.82, 2.24) is 14.7 Å². The van der Waals surface area contributed by atoms with Crippen LogP contribution in [0.1, 0.15) is 19.0 Å². The van der Waals surface area contributed by atoms with Crippen molar-refractivity contribution in [3.05, 3.63) is 64.5 Å². The molecule has 8 heteroatoms. The van der Waals surface area contributed by atoms with E-state index in [-0.39, 0.29) is 5.91 Å². The number of rotatable bonds is 8. The van der Waals surface area contributed by atoms with Crippen LogP contribution in [0, 0.1) is 0 Å². The summed E-state index contributed by atoms with van der Waals surface area (Å²) >= 11 is 8.43. The van der Waals surface area contributed by atoms with Gasteiger partial charge in [-0.15, -0.1) is 11.3 Å². The summed E-state index contributed by atoms with van der Waals surface area (Å²) in [5.74, 6) is -0.0556. The maximum absolute atomic E-state index is 12.9. The summed E-state index contributed by atoms with van der Waals surface area (Å²) in [7, 11) is 0. The third kappa shape index (κ3) is 4.57. The molecule has 4 rings (SSSR count). The second kappa shape index (κ2) is 9.70. The minimum absolute atomic E-state index is 0.0556. The molecule has 0 spiro atoms. The largest absolute Gasteiger partial charge is 0.382 e. The number of hydrogen-bond acceptors (Lipinski definition) is 6. The molecule has 1 aromatic carbocycles. The van der Waals surface area contributed by atoms with Crippen LogP contribution in [0.2, 0.25) is 0 Å². The van der Waals surface area contributed by atoms with Gasteiger partial charge in [-0.3, -0.25) is 9.69 Å². The summed E-state index contributed by atoms with van der Waals surface area (Å²) in [5.41, 5.74) is 2.67. The van der Waals surface area contributed by atoms with Crippen LogP contribution in [0.25, 0.3) is 22.3 Å². The zero-order valence-corrected chi connectivity index (χ0v) is 18.9. The summed E-state index contributed by atoms with van der Waals surface area (Å²) in [4.78, 5) is 16.3. The van der Waals surface area contributed by atoms with Crippen molar-refractivity contribution in [2.24, 2.45) is 0 Å². The number of ether oxygens (including phenoxy) is 1. The molecule has 0 N–H and O–H groups in total. The molecule has 0 bridgehead atoms. The Balaban J connectivity index is 1.64. The van der Waals surface area contributed by atoms with Crippen molar-refractivity contribution in [1.29, 1.82) is 0 Å². The second-order valence-corrected chi connectivity index (χ2v) is 9.19. The molecule has 1 saturated heterocycles. The molecule has 0 saturated carbocycles. The molecule has 1 fully saturated rings. The molecular formula is C22H21N3O2S3. The first kappa shape index (κ1) is 21.0. The summed E-state index contributed by atoms with van der Waals surface area (Å²) in [6, 6.07) is 16.0. The van der Waals surface area contributed by atoms with E-state index in [1.165, 1.54) is 11.8 Å². The number of amides is 1. The fourth-order valence-corrected chi connectivity index (χ4v) is 5.09. The number of carbonyl (C=O) groups is 1. The third-order valence-electron chi connectivity index (χ3n) is 4.54. The van der Waals surface area contributed by atoms with Crippen LogP contribution in [-0.4, -0.2) is 44.7 Å². The lowest BCUT2D eigenvalue weighted by molar-refractivity contribution is -0.122. The van der Waals surface area contributed by atoms with Crippen LogP contribution in [-0.2, 0) is 9.53 Å². The molecule has 0 aliphatic carbocycles. The normalized spacial score (nSPS) is 15.5. The molecule has 30 heavy (non-hydrogen) atoms. The minimum Gasteiger partial charge on any atom is -0.382 e. The molecule has 154 valence electrons. The van der Waals surface area contributed by atoms with Crippen LogP contribution in [0.5, 0.6) is 0 Å². The van der Waals surface area contributed by atoms with E-state index in [0.717, 1.165) is 28.4 Å². The molecule has 0 unspecified atom stereocenters. The predicted molar refractivity (Wildman–Crippen MR) is 128 cm³/mol. The van der Waals surface area contributed by atoms with E-state index < -0.39 is 0 Å². The average Bonchev–Trinajstić information content (AvgIpc) is 3.48. The smallest absolute Gasteiger partial charge is 0.266 e. The number of thiocarbonyl (C=S) groups is 1. The lowest BCUT2D eigenvalue weighted by Gasteiger charge is -2.13. The van der Waals surface area contributed by atoms with Crippen LogP contribution < -0.4 is 0 Å². The zero-order chi connectivity index (χ0) is 20.9. The summed E-state index contributed by atoms with van der Waals surface area (Å²) < 4.78 is 7.84. The first-order valence-corrected chi connectivity index (χ1v) is 11.8. The highest BCUT2D eigenvalue weighted by atomic mass is 32.2. The summed E-state index contributed by atoms with van der Waals surface area (Å²) in [5, 5.41) is 6.83. The number of hydrogen-bond donors (Lipinski definition) is 0. The Morgan fingerprint density at radius 3 is 2.77 bits per heavy atom. The van der Waals surface area contributed by atoms with Gasteiger partial charge in [0.05, 0.1) is 21.2 Å². The van der Waals surface area contributed by atoms with Gasteiger partial charge < -0.3 is 4.74 Å². The molecular weight excluding hydrogens is 434 g/mol. The molecule has 1 aliphatic rings. The number of aromatic nitrogens is 2. The van der Waals surface area contributed by atoms with Crippen molar-refractivity contribution in [2.45, 2.75) is 13.3 Å². The maximum atomic E-state index is 12.9. The standard InChI is InChI=1S/C22H21N3O2S3/c1-2-27-12-7-11-24-21(26)20(30-22(24)28)15-17-14-18(19-10-6-13-29-19)23-25(17)16-8-4-3-5-9-16/h3-6,8-10,13-15H,2,7,11-12H2,1H3/b20-15+. The van der Waals surface area contributed by atoms with Gasteiger partial charge in [-0.25, -0.2) is 4.68 Å². The molecule has 1 aliphatic heterocycles. The molecule has 2 aromatic heterocycles. The molecule has 3 heterocycles. The zero-order valence-electron chi connectivity index (χ0n) is 16.5. The van der Waals surface area contributed by atoms with E-state index in [0.29, 0.717) is 29.0 Å². The molecule has 0 atom stereocenters. The van der Waals surface area contributed by atoms with Gasteiger partial charge in [-0.05, 0) is 49.1 Å². The Hall–Kier alpha value is -2.26. The van der Waals surface area contributed by atoms with Crippen molar-refractivity contribution < 1.29 is 9.53 Å². The van der Waals surface area contributed by atoms with Crippen molar-refractivity contribution in [3.63, 3.8) is 0 Å². The molecule has 3 aromatic rings. The van der Waals surface area contributed by atoms with Crippen molar-refractivity contribution >= 4 is 51.6 Å². The van der Waals surface area contributed by atoms with Crippen LogP contribution in [0.3, 0.4) is 0 Å². The van der Waals surface area contributed by atoms with Crippen LogP contribution in [0.4, 0.5) is 0 Å². The van der Waals surface area contributed by atoms with Gasteiger partial charge in [0.1, 0.15) is 10.0 Å². The van der Waals surface area contributed by atoms with E-state index >= 15 is 0 Å². The topological polar surface area (TPSA) is 47.4 Å². The monoisotopic (exact) mass is 455 g/mol. The first-order valence-electron chi connectivity index (χ1n) is 9.70. The van der Waals surface area contributed by atoms with E-state index in [1.807, 2.05) is 71.6 Å². The fraction of sp³-hybridized carbons (Fsp3) is 0.227. The van der Waals surface area contributed by atoms with Gasteiger partial charge in [0.2, 0.25) is 0 Å². The molecule has 0 radical (unpaired) electrons. The quantitative estimate of drug-likeness (QED) is 0.264. The molecule has 5 nitrogen and oxygen atoms in total. The SMILES string of the molecule is CCOCCCN1C(=O)/C(=C\c2cc(-c3cccs3)nn2-c2ccccc2)SC1=S. The Bertz CT molecular complexity index is 1060. The average molecular weight is 456 g/mol. The fourth-order valence-electron chi connectivity index (χ4n) is 3.12. The van der Waals surface area contributed by atoms with E-state index in [2.05, 4.69) is 0 Å². The molecule has 1 amide bonds. The number of carbonyl (C=O) groups excluding carboxylic acids is 1. The number of benzene rings is 1. The highest BCUT2D eigenvalue weighted by Gasteiger charge is 2.32. The Morgan fingerprint density at radius 1 is 1.20 bits per heavy atom. The number of nitrogens with zero attached hydrogens (tertiary/aromatic N) is 3. The lowest BCUT2D eigenvalue weighted by atomic mass is 10.2. The van der Waals surface area contributed by atoms with E-state index in [9.17, 15) is 4.79 Å². The van der Waals surface area contributed by atoms with Crippen molar-refractivity contribution in [2.75, 3.05) is 19.8 Å². The van der Waals surface area contributed by atoms with Gasteiger partial charge >= 0.3 is 0 Å². The second-order valence-electron chi connectivity index (χ2n) is 6.56. The number of thiophene rings is 1. The Morgan fingerprint density at radius 2 is 2.03 bits per heavy atom. The first-order chi connectivity index (χ1) is 14.7. The third-order valence-corrected chi connectivity index (χ3v) is 6.81. The minimum atomic E-state index is -0.0556. The van der Waals surface area contributed by atoms with Crippen molar-refractivity contribution in [3.8, 4) is 16.3 Å². The Labute approximate surface area is 189 Å². The summed E-state index contributed by atoms with van der Waals surface area (Å²) in [6.45, 7) is 3.83. The highest BCUT2D eigenvalue weighted by molar-refractivity contribution is 8.26.